The maximum absolute atomic E-state index is 14.0. The molecule has 16 nitrogen and oxygen atoms in total. The van der Waals surface area contributed by atoms with Crippen molar-refractivity contribution in [2.75, 3.05) is 70.5 Å². The highest BCUT2D eigenvalue weighted by Crippen LogP contribution is 2.35. The molecule has 1 atom stereocenters. The number of nitrogens with one attached hydrogen (secondary N) is 2. The Bertz CT molecular complexity index is 2390. The van der Waals surface area contributed by atoms with Crippen molar-refractivity contribution in [1.82, 2.24) is 39.5 Å². The van der Waals surface area contributed by atoms with Gasteiger partial charge in [0.15, 0.2) is 5.82 Å². The zero-order valence-corrected chi connectivity index (χ0v) is 36.6. The van der Waals surface area contributed by atoms with E-state index in [4.69, 9.17) is 10.5 Å². The minimum atomic E-state index is -0.586. The molecule has 0 radical (unpaired) electrons. The number of rotatable bonds is 12. The number of piperidine rings is 2. The first-order valence-corrected chi connectivity index (χ1v) is 22.4. The molecule has 3 fully saturated rings. The standard InChI is InChI=1S/C47H58N10O6/c1-30(2)42-36(41(43-44(48)49-29-50-57(42)43)46(61)51-34-11-7-32(8-12-34)28-63-3)14-9-31-17-20-55(21-18-31)40(59)6-4-5-19-53-22-24-54(25-23-53)35-13-10-33-27-56(47(62)37(33)26-35)38-15-16-39(58)52-45(38)60/h7-8,11-12,26,29-31,38H,4-6,10,13,15-25,27-28H2,1-3H3,(H,51,61)(H2,48,49,50)(H,52,58,60). The van der Waals surface area contributed by atoms with Gasteiger partial charge in [-0.05, 0) is 86.8 Å². The summed E-state index contributed by atoms with van der Waals surface area (Å²) in [6.07, 6.45) is 9.56. The highest BCUT2D eigenvalue weighted by molar-refractivity contribution is 6.13. The molecule has 16 heteroatoms. The largest absolute Gasteiger partial charge is 0.382 e. The molecule has 0 spiro atoms. The highest BCUT2D eigenvalue weighted by Gasteiger charge is 2.41. The lowest BCUT2D eigenvalue weighted by Gasteiger charge is -2.38. The molecule has 0 bridgehead atoms. The number of ether oxygens (including phenoxy) is 1. The molecule has 5 aliphatic rings. The number of carbonyl (C=O) groups is 5. The van der Waals surface area contributed by atoms with Crippen LogP contribution < -0.4 is 16.4 Å². The number of imide groups is 1. The number of carbonyl (C=O) groups excluding carboxylic acids is 5. The van der Waals surface area contributed by atoms with Gasteiger partial charge >= 0.3 is 0 Å². The number of fused-ring (bicyclic) bond motifs is 1. The van der Waals surface area contributed by atoms with Crippen LogP contribution in [-0.4, -0.2) is 129 Å². The van der Waals surface area contributed by atoms with E-state index < -0.39 is 6.04 Å². The van der Waals surface area contributed by atoms with Crippen LogP contribution in [0.15, 0.2) is 53.5 Å². The van der Waals surface area contributed by atoms with Gasteiger partial charge < -0.3 is 30.5 Å². The number of piperazine rings is 1. The van der Waals surface area contributed by atoms with E-state index in [1.807, 2.05) is 49.1 Å². The van der Waals surface area contributed by atoms with E-state index in [2.05, 4.69) is 42.4 Å². The van der Waals surface area contributed by atoms with E-state index in [1.54, 1.807) is 16.5 Å². The quantitative estimate of drug-likeness (QED) is 0.137. The van der Waals surface area contributed by atoms with Crippen LogP contribution in [0.3, 0.4) is 0 Å². The van der Waals surface area contributed by atoms with Crippen LogP contribution in [0, 0.1) is 17.8 Å². The van der Waals surface area contributed by atoms with Crippen LogP contribution in [0.4, 0.5) is 11.5 Å². The lowest BCUT2D eigenvalue weighted by Crippen LogP contribution is -2.53. The average Bonchev–Trinajstić information content (AvgIpc) is 3.80. The number of likely N-dealkylation sites (tertiary alicyclic amines) is 1. The van der Waals surface area contributed by atoms with Gasteiger partial charge in [0.25, 0.3) is 11.8 Å². The second kappa shape index (κ2) is 19.1. The molecule has 1 unspecified atom stereocenters. The van der Waals surface area contributed by atoms with E-state index >= 15 is 0 Å². The van der Waals surface area contributed by atoms with Gasteiger partial charge in [-0.15, -0.1) is 0 Å². The molecular formula is C47H58N10O6. The monoisotopic (exact) mass is 858 g/mol. The van der Waals surface area contributed by atoms with Gasteiger partial charge in [-0.1, -0.05) is 37.8 Å². The van der Waals surface area contributed by atoms with Crippen LogP contribution in [0.1, 0.15) is 105 Å². The maximum Gasteiger partial charge on any atom is 0.259 e. The summed E-state index contributed by atoms with van der Waals surface area (Å²) in [6.45, 7) is 10.9. The van der Waals surface area contributed by atoms with Crippen LogP contribution in [-0.2, 0) is 30.5 Å². The Balaban J connectivity index is 0.798. The molecule has 5 amide bonds. The zero-order chi connectivity index (χ0) is 44.2. The molecule has 63 heavy (non-hydrogen) atoms. The molecule has 1 aliphatic carbocycles. The Morgan fingerprint density at radius 3 is 2.46 bits per heavy atom. The van der Waals surface area contributed by atoms with E-state index in [0.29, 0.717) is 61.4 Å². The van der Waals surface area contributed by atoms with Crippen LogP contribution in [0.2, 0.25) is 0 Å². The third-order valence-electron chi connectivity index (χ3n) is 13.0. The number of nitrogens with two attached hydrogens (primary N) is 1. The Kier molecular flexibility index (Phi) is 13.2. The average molecular weight is 859 g/mol. The summed E-state index contributed by atoms with van der Waals surface area (Å²) in [4.78, 5) is 77.4. The molecule has 4 N–H and O–H groups in total. The van der Waals surface area contributed by atoms with Gasteiger partial charge in [-0.2, -0.15) is 5.10 Å². The molecule has 8 rings (SSSR count). The fourth-order valence-corrected chi connectivity index (χ4v) is 9.58. The summed E-state index contributed by atoms with van der Waals surface area (Å²) in [5.74, 6) is 6.18. The molecule has 3 aromatic rings. The number of unbranched alkanes of at least 4 members (excludes halogenated alkanes) is 1. The van der Waals surface area contributed by atoms with Crippen molar-refractivity contribution in [2.45, 2.75) is 90.2 Å². The minimum absolute atomic E-state index is 0.0101. The van der Waals surface area contributed by atoms with E-state index in [9.17, 15) is 24.0 Å². The fraction of sp³-hybridized carbons (Fsp3) is 0.511. The normalized spacial score (nSPS) is 19.9. The van der Waals surface area contributed by atoms with Crippen molar-refractivity contribution < 1.29 is 28.7 Å². The number of benzene rings is 1. The molecule has 0 saturated carbocycles. The summed E-state index contributed by atoms with van der Waals surface area (Å²) in [5.41, 5.74) is 13.2. The number of nitrogens with zero attached hydrogens (tertiary/aromatic N) is 7. The van der Waals surface area contributed by atoms with E-state index in [1.165, 1.54) is 12.0 Å². The lowest BCUT2D eigenvalue weighted by molar-refractivity contribution is -0.142. The third-order valence-corrected chi connectivity index (χ3v) is 13.0. The Morgan fingerprint density at radius 1 is 0.984 bits per heavy atom. The van der Waals surface area contributed by atoms with E-state index in [0.717, 1.165) is 93.7 Å². The van der Waals surface area contributed by atoms with Crippen molar-refractivity contribution >= 4 is 46.6 Å². The lowest BCUT2D eigenvalue weighted by atomic mass is 9.95. The van der Waals surface area contributed by atoms with Crippen LogP contribution >= 0.6 is 0 Å². The first-order chi connectivity index (χ1) is 30.5. The SMILES string of the molecule is COCc1ccc(NC(=O)c2c(C#CC3CCN(C(=O)CCCCN4CCN(C5=CC6=C(CC5)CN(C5CCC(=O)NC5=O)C6=O)CC4)CC3)c(C(C)C)n3ncnc(N)c23)cc1. The van der Waals surface area contributed by atoms with Gasteiger partial charge in [0.2, 0.25) is 17.7 Å². The van der Waals surface area contributed by atoms with Crippen LogP contribution in [0.5, 0.6) is 0 Å². The molecule has 4 aliphatic heterocycles. The summed E-state index contributed by atoms with van der Waals surface area (Å²) in [7, 11) is 1.64. The summed E-state index contributed by atoms with van der Waals surface area (Å²) < 4.78 is 6.91. The summed E-state index contributed by atoms with van der Waals surface area (Å²) in [6, 6.07) is 6.90. The molecular weight excluding hydrogens is 801 g/mol. The van der Waals surface area contributed by atoms with E-state index in [-0.39, 0.29) is 53.6 Å². The van der Waals surface area contributed by atoms with Gasteiger partial charge in [-0.25, -0.2) is 9.50 Å². The first-order valence-electron chi connectivity index (χ1n) is 22.4. The fourth-order valence-electron chi connectivity index (χ4n) is 9.58. The number of hydrogen-bond acceptors (Lipinski definition) is 11. The first kappa shape index (κ1) is 43.6. The smallest absolute Gasteiger partial charge is 0.259 e. The molecule has 2 aromatic heterocycles. The number of allylic oxidation sites excluding steroid dienone is 1. The number of methoxy groups -OCH3 is 1. The number of hydrogen-bond donors (Lipinski definition) is 3. The Labute approximate surface area is 368 Å². The van der Waals surface area contributed by atoms with Crippen molar-refractivity contribution in [2.24, 2.45) is 5.92 Å². The highest BCUT2D eigenvalue weighted by atomic mass is 16.5. The second-order valence-corrected chi connectivity index (χ2v) is 17.5. The van der Waals surface area contributed by atoms with Gasteiger partial charge in [0.1, 0.15) is 17.9 Å². The van der Waals surface area contributed by atoms with Crippen molar-refractivity contribution in [1.29, 1.82) is 0 Å². The van der Waals surface area contributed by atoms with Gasteiger partial charge in [-0.3, -0.25) is 34.2 Å². The summed E-state index contributed by atoms with van der Waals surface area (Å²) in [5, 5.41) is 9.88. The second-order valence-electron chi connectivity index (χ2n) is 17.5. The number of aromatic nitrogens is 3. The Morgan fingerprint density at radius 2 is 1.75 bits per heavy atom. The van der Waals surface area contributed by atoms with Crippen molar-refractivity contribution in [3.05, 3.63) is 75.9 Å². The molecule has 332 valence electrons. The van der Waals surface area contributed by atoms with Gasteiger partial charge in [0.05, 0.1) is 23.4 Å². The molecule has 6 heterocycles. The number of amides is 5. The minimum Gasteiger partial charge on any atom is -0.382 e. The Hall–Kier alpha value is -6.05. The van der Waals surface area contributed by atoms with Crippen molar-refractivity contribution in [3.8, 4) is 11.8 Å². The number of nitrogen functional groups attached to an aromatic ring is 1. The van der Waals surface area contributed by atoms with Crippen molar-refractivity contribution in [3.63, 3.8) is 0 Å². The molecule has 3 saturated heterocycles. The third kappa shape index (κ3) is 9.50. The van der Waals surface area contributed by atoms with Gasteiger partial charge in [0, 0.05) is 88.6 Å². The molecule has 1 aromatic carbocycles. The maximum atomic E-state index is 14.0. The summed E-state index contributed by atoms with van der Waals surface area (Å²) >= 11 is 0. The predicted octanol–water partition coefficient (Wildman–Crippen LogP) is 3.83. The zero-order valence-electron chi connectivity index (χ0n) is 36.6. The van der Waals surface area contributed by atoms with Crippen LogP contribution in [0.25, 0.3) is 5.52 Å². The topological polar surface area (TPSA) is 188 Å². The predicted molar refractivity (Wildman–Crippen MR) is 237 cm³/mol. The number of anilines is 2.